The number of hydrogen-bond donors (Lipinski definition) is 1. The summed E-state index contributed by atoms with van der Waals surface area (Å²) in [6, 6.07) is 0. The van der Waals surface area contributed by atoms with Crippen LogP contribution in [0.3, 0.4) is 0 Å². The quantitative estimate of drug-likeness (QED) is 0.742. The maximum atomic E-state index is 11.6. The van der Waals surface area contributed by atoms with E-state index in [-0.39, 0.29) is 12.3 Å². The lowest BCUT2D eigenvalue weighted by molar-refractivity contribution is -0.144. The first-order valence-corrected chi connectivity index (χ1v) is 5.64. The summed E-state index contributed by atoms with van der Waals surface area (Å²) < 4.78 is 0. The van der Waals surface area contributed by atoms with Crippen LogP contribution >= 0.6 is 0 Å². The van der Waals surface area contributed by atoms with Gasteiger partial charge in [-0.25, -0.2) is 0 Å². The molecule has 0 atom stereocenters. The van der Waals surface area contributed by atoms with Crippen LogP contribution in [-0.4, -0.2) is 34.5 Å². The summed E-state index contributed by atoms with van der Waals surface area (Å²) in [4.78, 5) is 24.1. The molecule has 1 amide bonds. The van der Waals surface area contributed by atoms with Crippen molar-refractivity contribution < 1.29 is 14.7 Å². The van der Waals surface area contributed by atoms with Crippen LogP contribution in [0.2, 0.25) is 0 Å². The van der Waals surface area contributed by atoms with Gasteiger partial charge < -0.3 is 10.0 Å². The Hall–Kier alpha value is -1.32. The van der Waals surface area contributed by atoms with Crippen molar-refractivity contribution in [2.75, 3.05) is 7.05 Å². The van der Waals surface area contributed by atoms with Gasteiger partial charge in [0.1, 0.15) is 0 Å². The topological polar surface area (TPSA) is 57.6 Å². The van der Waals surface area contributed by atoms with E-state index in [1.807, 2.05) is 0 Å². The summed E-state index contributed by atoms with van der Waals surface area (Å²) >= 11 is 0. The number of carboxylic acids is 1. The van der Waals surface area contributed by atoms with Gasteiger partial charge in [0, 0.05) is 7.05 Å². The van der Waals surface area contributed by atoms with E-state index in [1.165, 1.54) is 6.08 Å². The standard InChI is InChI=1S/C12H19NO3/c1-3-10(14)13(2)12(9-11(15)16)7-5-4-6-8-12/h3H,1,4-9H2,2H3,(H,15,16). The number of carboxylic acid groups (broad SMARTS) is 1. The Morgan fingerprint density at radius 1 is 1.38 bits per heavy atom. The van der Waals surface area contributed by atoms with Gasteiger partial charge in [0.05, 0.1) is 12.0 Å². The molecule has 4 heteroatoms. The first kappa shape index (κ1) is 12.7. The van der Waals surface area contributed by atoms with E-state index in [0.717, 1.165) is 32.1 Å². The molecule has 4 nitrogen and oxygen atoms in total. The van der Waals surface area contributed by atoms with Crippen molar-refractivity contribution in [1.29, 1.82) is 0 Å². The Morgan fingerprint density at radius 2 is 1.94 bits per heavy atom. The van der Waals surface area contributed by atoms with Crippen LogP contribution in [0.25, 0.3) is 0 Å². The Kier molecular flexibility index (Phi) is 4.10. The number of nitrogens with zero attached hydrogens (tertiary/aromatic N) is 1. The van der Waals surface area contributed by atoms with Gasteiger partial charge in [-0.05, 0) is 18.9 Å². The minimum Gasteiger partial charge on any atom is -0.481 e. The molecule has 1 fully saturated rings. The van der Waals surface area contributed by atoms with Crippen LogP contribution in [0.5, 0.6) is 0 Å². The van der Waals surface area contributed by atoms with Crippen LogP contribution in [0.4, 0.5) is 0 Å². The summed E-state index contributed by atoms with van der Waals surface area (Å²) in [6.07, 6.45) is 5.92. The second-order valence-corrected chi connectivity index (χ2v) is 4.46. The van der Waals surface area contributed by atoms with Gasteiger partial charge in [-0.3, -0.25) is 9.59 Å². The maximum absolute atomic E-state index is 11.6. The number of amides is 1. The number of rotatable bonds is 4. The molecular weight excluding hydrogens is 206 g/mol. The van der Waals surface area contributed by atoms with Crippen molar-refractivity contribution in [3.05, 3.63) is 12.7 Å². The van der Waals surface area contributed by atoms with Crippen LogP contribution < -0.4 is 0 Å². The molecule has 0 aromatic rings. The van der Waals surface area contributed by atoms with Crippen molar-refractivity contribution in [2.45, 2.75) is 44.1 Å². The highest BCUT2D eigenvalue weighted by Crippen LogP contribution is 2.35. The molecule has 1 rings (SSSR count). The lowest BCUT2D eigenvalue weighted by Gasteiger charge is -2.43. The number of carbonyl (C=O) groups excluding carboxylic acids is 1. The second kappa shape index (κ2) is 5.14. The van der Waals surface area contributed by atoms with E-state index in [0.29, 0.717) is 0 Å². The largest absolute Gasteiger partial charge is 0.481 e. The highest BCUT2D eigenvalue weighted by atomic mass is 16.4. The highest BCUT2D eigenvalue weighted by Gasteiger charge is 2.39. The lowest BCUT2D eigenvalue weighted by atomic mass is 9.78. The summed E-state index contributed by atoms with van der Waals surface area (Å²) in [6.45, 7) is 3.45. The smallest absolute Gasteiger partial charge is 0.305 e. The van der Waals surface area contributed by atoms with Crippen molar-refractivity contribution in [3.8, 4) is 0 Å². The fourth-order valence-corrected chi connectivity index (χ4v) is 2.49. The molecule has 0 spiro atoms. The molecule has 0 aliphatic heterocycles. The molecule has 16 heavy (non-hydrogen) atoms. The van der Waals surface area contributed by atoms with E-state index in [1.54, 1.807) is 11.9 Å². The zero-order chi connectivity index (χ0) is 12.2. The minimum absolute atomic E-state index is 0.0308. The first-order valence-electron chi connectivity index (χ1n) is 5.64. The summed E-state index contributed by atoms with van der Waals surface area (Å²) in [5.74, 6) is -1.03. The number of likely N-dealkylation sites (N-methyl/N-ethyl adjacent to an activating group) is 1. The van der Waals surface area contributed by atoms with Gasteiger partial charge in [-0.2, -0.15) is 0 Å². The Labute approximate surface area is 95.9 Å². The molecule has 0 aromatic heterocycles. The van der Waals surface area contributed by atoms with Gasteiger partial charge in [-0.1, -0.05) is 25.8 Å². The highest BCUT2D eigenvalue weighted by molar-refractivity contribution is 5.88. The third kappa shape index (κ3) is 2.62. The van der Waals surface area contributed by atoms with E-state index in [4.69, 9.17) is 5.11 Å². The van der Waals surface area contributed by atoms with Gasteiger partial charge >= 0.3 is 5.97 Å². The fourth-order valence-electron chi connectivity index (χ4n) is 2.49. The Bertz CT molecular complexity index is 293. The molecule has 1 aliphatic carbocycles. The summed E-state index contributed by atoms with van der Waals surface area (Å²) in [7, 11) is 1.68. The van der Waals surface area contributed by atoms with Crippen molar-refractivity contribution >= 4 is 11.9 Å². The molecule has 0 unspecified atom stereocenters. The van der Waals surface area contributed by atoms with Gasteiger partial charge in [0.25, 0.3) is 0 Å². The zero-order valence-corrected chi connectivity index (χ0v) is 9.74. The van der Waals surface area contributed by atoms with Gasteiger partial charge in [0.2, 0.25) is 5.91 Å². The molecule has 1 aliphatic rings. The molecule has 1 saturated carbocycles. The van der Waals surface area contributed by atoms with Crippen LogP contribution in [0.1, 0.15) is 38.5 Å². The fraction of sp³-hybridized carbons (Fsp3) is 0.667. The van der Waals surface area contributed by atoms with E-state index >= 15 is 0 Å². The molecule has 0 saturated heterocycles. The Balaban J connectivity index is 2.88. The lowest BCUT2D eigenvalue weighted by Crippen LogP contribution is -2.51. The van der Waals surface area contributed by atoms with E-state index in [9.17, 15) is 9.59 Å². The van der Waals surface area contributed by atoms with Crippen LogP contribution in [0, 0.1) is 0 Å². The Morgan fingerprint density at radius 3 is 2.38 bits per heavy atom. The van der Waals surface area contributed by atoms with Crippen LogP contribution in [-0.2, 0) is 9.59 Å². The van der Waals surface area contributed by atoms with E-state index < -0.39 is 11.5 Å². The molecule has 1 N–H and O–H groups in total. The maximum Gasteiger partial charge on any atom is 0.305 e. The predicted molar refractivity (Wildman–Crippen MR) is 61.0 cm³/mol. The molecular formula is C12H19NO3. The minimum atomic E-state index is -0.842. The predicted octanol–water partition coefficient (Wildman–Crippen LogP) is 1.81. The van der Waals surface area contributed by atoms with Crippen molar-refractivity contribution in [3.63, 3.8) is 0 Å². The average Bonchev–Trinajstić information content (AvgIpc) is 2.27. The summed E-state index contributed by atoms with van der Waals surface area (Å²) in [5, 5.41) is 8.97. The number of hydrogen-bond acceptors (Lipinski definition) is 2. The molecule has 0 bridgehead atoms. The van der Waals surface area contributed by atoms with E-state index in [2.05, 4.69) is 6.58 Å². The normalized spacial score (nSPS) is 18.8. The monoisotopic (exact) mass is 225 g/mol. The number of aliphatic carboxylic acids is 1. The second-order valence-electron chi connectivity index (χ2n) is 4.46. The van der Waals surface area contributed by atoms with Crippen molar-refractivity contribution in [2.24, 2.45) is 0 Å². The molecule has 0 radical (unpaired) electrons. The van der Waals surface area contributed by atoms with Crippen molar-refractivity contribution in [1.82, 2.24) is 4.90 Å². The van der Waals surface area contributed by atoms with Gasteiger partial charge in [0.15, 0.2) is 0 Å². The molecule has 90 valence electrons. The SMILES string of the molecule is C=CC(=O)N(C)C1(CC(=O)O)CCCCC1. The number of carbonyl (C=O) groups is 2. The third-order valence-corrected chi connectivity index (χ3v) is 3.48. The third-order valence-electron chi connectivity index (χ3n) is 3.48. The summed E-state index contributed by atoms with van der Waals surface area (Å²) in [5.41, 5.74) is -0.505. The van der Waals surface area contributed by atoms with Gasteiger partial charge in [-0.15, -0.1) is 0 Å². The average molecular weight is 225 g/mol. The first-order chi connectivity index (χ1) is 7.52. The van der Waals surface area contributed by atoms with Crippen LogP contribution in [0.15, 0.2) is 12.7 Å². The zero-order valence-electron chi connectivity index (χ0n) is 9.74. The molecule has 0 aromatic carbocycles. The molecule has 0 heterocycles.